The number of ether oxygens (including phenoxy) is 2. The van der Waals surface area contributed by atoms with Crippen molar-refractivity contribution >= 4 is 34.6 Å². The molecule has 2 aromatic rings. The van der Waals surface area contributed by atoms with E-state index in [4.69, 9.17) is 21.1 Å². The van der Waals surface area contributed by atoms with Crippen molar-refractivity contribution in [2.75, 3.05) is 5.88 Å². The maximum absolute atomic E-state index is 11.9. The van der Waals surface area contributed by atoms with Crippen molar-refractivity contribution in [3.8, 4) is 5.75 Å². The van der Waals surface area contributed by atoms with Crippen LogP contribution in [0.15, 0.2) is 30.5 Å². The molecular weight excluding hydrogens is 282 g/mol. The lowest BCUT2D eigenvalue weighted by Gasteiger charge is -2.09. The smallest absolute Gasteiger partial charge is 0.418 e. The molecule has 6 heteroatoms. The Kier molecular flexibility index (Phi) is 4.29. The summed E-state index contributed by atoms with van der Waals surface area (Å²) < 4.78 is 11.5. The molecule has 0 bridgehead atoms. The minimum Gasteiger partial charge on any atom is -0.446 e. The molecule has 0 spiro atoms. The third-order valence-corrected chi connectivity index (χ3v) is 2.76. The van der Waals surface area contributed by atoms with Crippen molar-refractivity contribution in [3.63, 3.8) is 0 Å². The Morgan fingerprint density at radius 2 is 2.05 bits per heavy atom. The van der Waals surface area contributed by atoms with Crippen LogP contribution in [0.5, 0.6) is 5.75 Å². The highest BCUT2D eigenvalue weighted by molar-refractivity contribution is 6.26. The number of aromatic nitrogens is 1. The molecule has 0 aliphatic heterocycles. The fourth-order valence-electron chi connectivity index (χ4n) is 1.75. The van der Waals surface area contributed by atoms with Crippen LogP contribution < -0.4 is 4.74 Å². The van der Waals surface area contributed by atoms with E-state index in [0.717, 1.165) is 5.39 Å². The molecule has 106 valence electrons. The van der Waals surface area contributed by atoms with Crippen LogP contribution in [-0.2, 0) is 9.53 Å². The number of hydrogen-bond donors (Lipinski definition) is 0. The van der Waals surface area contributed by atoms with Crippen LogP contribution in [0.4, 0.5) is 4.79 Å². The van der Waals surface area contributed by atoms with E-state index in [0.29, 0.717) is 11.3 Å². The number of benzene rings is 1. The first kappa shape index (κ1) is 14.4. The van der Waals surface area contributed by atoms with Crippen LogP contribution in [0.2, 0.25) is 0 Å². The molecule has 0 unspecified atom stereocenters. The van der Waals surface area contributed by atoms with E-state index in [9.17, 15) is 9.59 Å². The molecule has 1 aromatic heterocycles. The minimum absolute atomic E-state index is 0.211. The third-order valence-electron chi connectivity index (χ3n) is 2.54. The van der Waals surface area contributed by atoms with Crippen molar-refractivity contribution in [2.24, 2.45) is 0 Å². The van der Waals surface area contributed by atoms with Gasteiger partial charge in [-0.25, -0.2) is 4.79 Å². The van der Waals surface area contributed by atoms with Crippen LogP contribution >= 0.6 is 11.6 Å². The molecule has 0 fully saturated rings. The van der Waals surface area contributed by atoms with Gasteiger partial charge in [0.2, 0.25) is 0 Å². The second-order valence-corrected chi connectivity index (χ2v) is 4.71. The van der Waals surface area contributed by atoms with Gasteiger partial charge in [0.1, 0.15) is 11.6 Å². The van der Waals surface area contributed by atoms with Gasteiger partial charge in [-0.15, -0.1) is 11.6 Å². The van der Waals surface area contributed by atoms with E-state index in [1.807, 2.05) is 0 Å². The summed E-state index contributed by atoms with van der Waals surface area (Å²) in [5, 5.41) is 0.844. The van der Waals surface area contributed by atoms with Crippen LogP contribution in [0.3, 0.4) is 0 Å². The Morgan fingerprint density at radius 1 is 1.30 bits per heavy atom. The number of carbonyl (C=O) groups excluding carboxylic acids is 2. The van der Waals surface area contributed by atoms with E-state index in [2.05, 4.69) is 0 Å². The minimum atomic E-state index is -0.547. The maximum atomic E-state index is 11.9. The summed E-state index contributed by atoms with van der Waals surface area (Å²) in [4.78, 5) is 23.1. The Bertz CT molecular complexity index is 648. The predicted molar refractivity (Wildman–Crippen MR) is 75.3 cm³/mol. The number of nitrogens with zero attached hydrogens (tertiary/aromatic N) is 1. The summed E-state index contributed by atoms with van der Waals surface area (Å²) in [6.45, 7) is 3.55. The lowest BCUT2D eigenvalue weighted by Crippen LogP contribution is -2.17. The lowest BCUT2D eigenvalue weighted by molar-refractivity contribution is -0.131. The highest BCUT2D eigenvalue weighted by atomic mass is 35.5. The first-order valence-electron chi connectivity index (χ1n) is 6.10. The SMILES string of the molecule is CC(C)OC(=O)n1ccc2ccc(OC(=O)CCl)cc21. The molecule has 20 heavy (non-hydrogen) atoms. The molecule has 0 saturated carbocycles. The second-order valence-electron chi connectivity index (χ2n) is 4.45. The average Bonchev–Trinajstić information content (AvgIpc) is 2.80. The fourth-order valence-corrected chi connectivity index (χ4v) is 1.80. The third kappa shape index (κ3) is 3.11. The largest absolute Gasteiger partial charge is 0.446 e. The van der Waals surface area contributed by atoms with Gasteiger partial charge in [-0.1, -0.05) is 0 Å². The summed E-state index contributed by atoms with van der Waals surface area (Å²) in [5.74, 6) is -0.441. The second kappa shape index (κ2) is 5.96. The van der Waals surface area contributed by atoms with Gasteiger partial charge in [-0.3, -0.25) is 9.36 Å². The van der Waals surface area contributed by atoms with Crippen molar-refractivity contribution in [1.29, 1.82) is 0 Å². The number of alkyl halides is 1. The summed E-state index contributed by atoms with van der Waals surface area (Å²) in [5.41, 5.74) is 0.607. The van der Waals surface area contributed by atoms with E-state index in [1.165, 1.54) is 4.57 Å². The summed E-state index contributed by atoms with van der Waals surface area (Å²) in [7, 11) is 0. The predicted octanol–water partition coefficient (Wildman–Crippen LogP) is 3.18. The number of hydrogen-bond acceptors (Lipinski definition) is 4. The highest BCUT2D eigenvalue weighted by Gasteiger charge is 2.13. The molecule has 1 heterocycles. The summed E-state index contributed by atoms with van der Waals surface area (Å²) in [6.07, 6.45) is 0.927. The Balaban J connectivity index is 2.34. The molecule has 5 nitrogen and oxygen atoms in total. The van der Waals surface area contributed by atoms with Gasteiger partial charge in [0.05, 0.1) is 11.6 Å². The van der Waals surface area contributed by atoms with Gasteiger partial charge in [-0.05, 0) is 32.0 Å². The topological polar surface area (TPSA) is 57.5 Å². The molecule has 0 saturated heterocycles. The Labute approximate surface area is 121 Å². The monoisotopic (exact) mass is 295 g/mol. The normalized spacial score (nSPS) is 10.8. The molecule has 0 atom stereocenters. The van der Waals surface area contributed by atoms with Crippen molar-refractivity contribution in [3.05, 3.63) is 30.5 Å². The van der Waals surface area contributed by atoms with Crippen LogP contribution in [-0.4, -0.2) is 28.6 Å². The van der Waals surface area contributed by atoms with Gasteiger partial charge in [0.15, 0.2) is 0 Å². The van der Waals surface area contributed by atoms with Gasteiger partial charge >= 0.3 is 12.1 Å². The average molecular weight is 296 g/mol. The van der Waals surface area contributed by atoms with E-state index in [-0.39, 0.29) is 12.0 Å². The Morgan fingerprint density at radius 3 is 2.70 bits per heavy atom. The first-order chi connectivity index (χ1) is 9.51. The standard InChI is InChI=1S/C14H14ClNO4/c1-9(2)19-14(18)16-6-5-10-3-4-11(7-12(10)16)20-13(17)8-15/h3-7,9H,8H2,1-2H3. The zero-order valence-electron chi connectivity index (χ0n) is 11.1. The lowest BCUT2D eigenvalue weighted by atomic mass is 10.2. The van der Waals surface area contributed by atoms with Crippen molar-refractivity contribution in [1.82, 2.24) is 4.57 Å². The number of carbonyl (C=O) groups is 2. The maximum Gasteiger partial charge on any atom is 0.418 e. The zero-order chi connectivity index (χ0) is 14.7. The van der Waals surface area contributed by atoms with Gasteiger partial charge in [0, 0.05) is 17.6 Å². The number of fused-ring (bicyclic) bond motifs is 1. The summed E-state index contributed by atoms with van der Waals surface area (Å²) in [6, 6.07) is 6.78. The number of esters is 1. The van der Waals surface area contributed by atoms with Gasteiger partial charge in [-0.2, -0.15) is 0 Å². The molecule has 1 aromatic carbocycles. The molecule has 2 rings (SSSR count). The number of halogens is 1. The van der Waals surface area contributed by atoms with E-state index >= 15 is 0 Å². The van der Waals surface area contributed by atoms with Gasteiger partial charge < -0.3 is 9.47 Å². The van der Waals surface area contributed by atoms with E-state index < -0.39 is 12.1 Å². The zero-order valence-corrected chi connectivity index (χ0v) is 11.9. The fraction of sp³-hybridized carbons (Fsp3) is 0.286. The molecule has 0 aliphatic carbocycles. The van der Waals surface area contributed by atoms with E-state index in [1.54, 1.807) is 44.3 Å². The highest BCUT2D eigenvalue weighted by Crippen LogP contribution is 2.22. The Hall–Kier alpha value is -2.01. The van der Waals surface area contributed by atoms with Crippen LogP contribution in [0, 0.1) is 0 Å². The molecule has 0 aliphatic rings. The van der Waals surface area contributed by atoms with Crippen molar-refractivity contribution < 1.29 is 19.1 Å². The van der Waals surface area contributed by atoms with Crippen molar-refractivity contribution in [2.45, 2.75) is 20.0 Å². The number of rotatable bonds is 3. The molecule has 0 radical (unpaired) electrons. The molecule has 0 amide bonds. The molecule has 0 N–H and O–H groups in total. The van der Waals surface area contributed by atoms with Crippen LogP contribution in [0.25, 0.3) is 10.9 Å². The first-order valence-corrected chi connectivity index (χ1v) is 6.63. The quantitative estimate of drug-likeness (QED) is 0.496. The van der Waals surface area contributed by atoms with Gasteiger partial charge in [0.25, 0.3) is 0 Å². The van der Waals surface area contributed by atoms with Crippen LogP contribution in [0.1, 0.15) is 13.8 Å². The molecular formula is C14H14ClNO4. The summed E-state index contributed by atoms with van der Waals surface area (Å²) >= 11 is 5.38.